The SMILES string of the molecule is C.COC(=O)c1ccc(CN)cc1.O=C1COc2ccc(CNC(=O)c3cc(C(=O)O)n4c(O)cnc4n3)cc2N1. The molecule has 0 bridgehead atoms. The lowest BCUT2D eigenvalue weighted by Gasteiger charge is -2.18. The number of carboxylic acid groups (broad SMARTS) is 1. The van der Waals surface area contributed by atoms with Crippen LogP contribution in [0.3, 0.4) is 0 Å². The van der Waals surface area contributed by atoms with E-state index in [0.717, 1.165) is 22.2 Å². The van der Waals surface area contributed by atoms with Crippen LogP contribution >= 0.6 is 0 Å². The number of benzene rings is 2. The van der Waals surface area contributed by atoms with Gasteiger partial charge in [-0.25, -0.2) is 24.0 Å². The number of fused-ring (bicyclic) bond motifs is 2. The number of ether oxygens (including phenoxy) is 2. The molecule has 214 valence electrons. The molecule has 0 unspecified atom stereocenters. The molecule has 0 spiro atoms. The monoisotopic (exact) mass is 564 g/mol. The Morgan fingerprint density at radius 2 is 1.85 bits per heavy atom. The molecule has 0 fully saturated rings. The predicted molar refractivity (Wildman–Crippen MR) is 146 cm³/mol. The van der Waals surface area contributed by atoms with Crippen molar-refractivity contribution in [3.8, 4) is 11.6 Å². The van der Waals surface area contributed by atoms with Gasteiger partial charge in [0.15, 0.2) is 6.61 Å². The first-order valence-electron chi connectivity index (χ1n) is 11.7. The molecule has 3 heterocycles. The smallest absolute Gasteiger partial charge is 0.353 e. The van der Waals surface area contributed by atoms with E-state index in [1.807, 2.05) is 12.1 Å². The second-order valence-electron chi connectivity index (χ2n) is 8.33. The number of nitrogens with zero attached hydrogens (tertiary/aromatic N) is 3. The van der Waals surface area contributed by atoms with Gasteiger partial charge < -0.3 is 36.1 Å². The number of carbonyl (C=O) groups excluding carboxylic acids is 3. The van der Waals surface area contributed by atoms with Crippen LogP contribution < -0.4 is 21.1 Å². The molecule has 2 aromatic heterocycles. The van der Waals surface area contributed by atoms with Crippen molar-refractivity contribution in [3.63, 3.8) is 0 Å². The van der Waals surface area contributed by atoms with Crippen molar-refractivity contribution in [1.29, 1.82) is 0 Å². The van der Waals surface area contributed by atoms with Gasteiger partial charge in [-0.3, -0.25) is 9.59 Å². The van der Waals surface area contributed by atoms with Crippen LogP contribution in [0.25, 0.3) is 5.78 Å². The average molecular weight is 565 g/mol. The first kappa shape index (κ1) is 30.0. The van der Waals surface area contributed by atoms with E-state index in [2.05, 4.69) is 25.3 Å². The van der Waals surface area contributed by atoms with Gasteiger partial charge in [-0.2, -0.15) is 0 Å². The molecule has 0 radical (unpaired) electrons. The van der Waals surface area contributed by atoms with Crippen LogP contribution in [0.1, 0.15) is 49.9 Å². The minimum atomic E-state index is -1.35. The highest BCUT2D eigenvalue weighted by Gasteiger charge is 2.20. The number of imidazole rings is 1. The van der Waals surface area contributed by atoms with E-state index >= 15 is 0 Å². The molecule has 5 rings (SSSR count). The number of aromatic hydroxyl groups is 1. The van der Waals surface area contributed by atoms with E-state index in [9.17, 15) is 29.4 Å². The molecular formula is C27H28N6O8. The number of nitrogens with two attached hydrogens (primary N) is 1. The van der Waals surface area contributed by atoms with Crippen molar-refractivity contribution < 1.29 is 38.9 Å². The molecule has 0 atom stereocenters. The van der Waals surface area contributed by atoms with Gasteiger partial charge in [0.1, 0.15) is 17.1 Å². The molecule has 0 aliphatic carbocycles. The largest absolute Gasteiger partial charge is 0.493 e. The van der Waals surface area contributed by atoms with Crippen molar-refractivity contribution in [2.24, 2.45) is 5.73 Å². The van der Waals surface area contributed by atoms with E-state index in [4.69, 9.17) is 10.5 Å². The number of carboxylic acids is 1. The van der Waals surface area contributed by atoms with Gasteiger partial charge in [0, 0.05) is 19.2 Å². The van der Waals surface area contributed by atoms with Crippen molar-refractivity contribution in [2.45, 2.75) is 20.5 Å². The highest BCUT2D eigenvalue weighted by atomic mass is 16.5. The Hall–Kier alpha value is -5.50. The summed E-state index contributed by atoms with van der Waals surface area (Å²) in [5.74, 6) is -2.53. The Morgan fingerprint density at radius 3 is 2.51 bits per heavy atom. The second kappa shape index (κ2) is 13.0. The molecule has 2 aromatic carbocycles. The van der Waals surface area contributed by atoms with Crippen LogP contribution in [-0.2, 0) is 22.6 Å². The number of anilines is 1. The summed E-state index contributed by atoms with van der Waals surface area (Å²) in [6, 6.07) is 13.1. The fourth-order valence-corrected chi connectivity index (χ4v) is 3.66. The van der Waals surface area contributed by atoms with E-state index in [-0.39, 0.29) is 49.6 Å². The molecule has 14 heteroatoms. The Kier molecular flexibility index (Phi) is 9.55. The van der Waals surface area contributed by atoms with E-state index < -0.39 is 17.8 Å². The van der Waals surface area contributed by atoms with Crippen molar-refractivity contribution in [2.75, 3.05) is 19.0 Å². The minimum Gasteiger partial charge on any atom is -0.493 e. The van der Waals surface area contributed by atoms with Crippen LogP contribution in [0.2, 0.25) is 0 Å². The average Bonchev–Trinajstić information content (AvgIpc) is 3.35. The molecule has 0 saturated carbocycles. The highest BCUT2D eigenvalue weighted by molar-refractivity contribution is 5.97. The normalized spacial score (nSPS) is 11.5. The zero-order valence-electron chi connectivity index (χ0n) is 21.1. The van der Waals surface area contributed by atoms with Gasteiger partial charge in [-0.05, 0) is 35.4 Å². The summed E-state index contributed by atoms with van der Waals surface area (Å²) in [6.07, 6.45) is 1.04. The maximum absolute atomic E-state index is 12.4. The van der Waals surface area contributed by atoms with Crippen molar-refractivity contribution >= 4 is 35.2 Å². The summed E-state index contributed by atoms with van der Waals surface area (Å²) in [6.45, 7) is 0.546. The van der Waals surface area contributed by atoms with Crippen LogP contribution in [-0.4, -0.2) is 62.1 Å². The van der Waals surface area contributed by atoms with Gasteiger partial charge in [0.05, 0.1) is 24.6 Å². The molecule has 6 N–H and O–H groups in total. The second-order valence-corrected chi connectivity index (χ2v) is 8.33. The Labute approximate surface area is 233 Å². The molecule has 1 aliphatic heterocycles. The summed E-state index contributed by atoms with van der Waals surface area (Å²) >= 11 is 0. The fourth-order valence-electron chi connectivity index (χ4n) is 3.66. The Bertz CT molecular complexity index is 1600. The minimum absolute atomic E-state index is 0. The highest BCUT2D eigenvalue weighted by Crippen LogP contribution is 2.28. The molecular weight excluding hydrogens is 536 g/mol. The van der Waals surface area contributed by atoms with Gasteiger partial charge in [-0.1, -0.05) is 25.6 Å². The Morgan fingerprint density at radius 1 is 1.15 bits per heavy atom. The van der Waals surface area contributed by atoms with Crippen LogP contribution in [0.4, 0.5) is 5.69 Å². The predicted octanol–water partition coefficient (Wildman–Crippen LogP) is 1.96. The van der Waals surface area contributed by atoms with E-state index in [1.165, 1.54) is 7.11 Å². The third-order valence-electron chi connectivity index (χ3n) is 5.65. The topological polar surface area (TPSA) is 207 Å². The number of rotatable bonds is 6. The molecule has 4 aromatic rings. The number of aromatic nitrogens is 3. The number of hydrogen-bond acceptors (Lipinski definition) is 10. The summed E-state index contributed by atoms with van der Waals surface area (Å²) in [7, 11) is 1.36. The molecule has 14 nitrogen and oxygen atoms in total. The number of hydrogen-bond donors (Lipinski definition) is 5. The summed E-state index contributed by atoms with van der Waals surface area (Å²) < 4.78 is 10.7. The third-order valence-corrected chi connectivity index (χ3v) is 5.65. The molecule has 41 heavy (non-hydrogen) atoms. The summed E-state index contributed by atoms with van der Waals surface area (Å²) in [5.41, 5.74) is 7.63. The summed E-state index contributed by atoms with van der Waals surface area (Å²) in [4.78, 5) is 53.9. The maximum Gasteiger partial charge on any atom is 0.353 e. The van der Waals surface area contributed by atoms with Crippen molar-refractivity contribution in [1.82, 2.24) is 19.7 Å². The number of esters is 1. The van der Waals surface area contributed by atoms with Gasteiger partial charge >= 0.3 is 11.9 Å². The quantitative estimate of drug-likeness (QED) is 0.214. The van der Waals surface area contributed by atoms with E-state index in [1.54, 1.807) is 30.3 Å². The summed E-state index contributed by atoms with van der Waals surface area (Å²) in [5, 5.41) is 24.3. The number of nitrogens with one attached hydrogen (secondary N) is 2. The lowest BCUT2D eigenvalue weighted by atomic mass is 10.1. The first-order valence-corrected chi connectivity index (χ1v) is 11.7. The van der Waals surface area contributed by atoms with Crippen LogP contribution in [0.15, 0.2) is 54.7 Å². The zero-order valence-corrected chi connectivity index (χ0v) is 21.1. The van der Waals surface area contributed by atoms with Gasteiger partial charge in [-0.15, -0.1) is 0 Å². The van der Waals surface area contributed by atoms with Gasteiger partial charge in [0.25, 0.3) is 11.8 Å². The first-order chi connectivity index (χ1) is 19.2. The number of carbonyl (C=O) groups is 4. The lowest BCUT2D eigenvalue weighted by Crippen LogP contribution is -2.27. The maximum atomic E-state index is 12.4. The standard InChI is InChI=1S/C17H13N5O6.C9H11NO2.CH4/c23-13-7-28-12-2-1-8(3-9(12)20-13)5-18-15(25)10-4-11(16(26)27)22-14(24)6-19-17(22)21-10;1-12-9(11)8-4-2-7(6-10)3-5-8;/h1-4,6,24H,5,7H2,(H,18,25)(H,20,23)(H,26,27);2-5H,6,10H2,1H3;1H4. The fraction of sp³-hybridized carbons (Fsp3) is 0.185. The Balaban J connectivity index is 0.000000301. The molecule has 2 amide bonds. The van der Waals surface area contributed by atoms with Crippen LogP contribution in [0.5, 0.6) is 11.6 Å². The zero-order chi connectivity index (χ0) is 28.8. The molecule has 1 aliphatic rings. The molecule has 0 saturated heterocycles. The van der Waals surface area contributed by atoms with Crippen LogP contribution in [0, 0.1) is 0 Å². The van der Waals surface area contributed by atoms with Gasteiger partial charge in [0.2, 0.25) is 11.7 Å². The number of methoxy groups -OCH3 is 1. The van der Waals surface area contributed by atoms with Crippen molar-refractivity contribution in [3.05, 3.63) is 82.8 Å². The van der Waals surface area contributed by atoms with E-state index in [0.29, 0.717) is 29.1 Å². The third kappa shape index (κ3) is 6.93. The lowest BCUT2D eigenvalue weighted by molar-refractivity contribution is -0.118. The number of amides is 2. The number of aromatic carboxylic acids is 1.